The molecule has 6 heteroatoms. The highest BCUT2D eigenvalue weighted by Crippen LogP contribution is 1.80. The summed E-state index contributed by atoms with van der Waals surface area (Å²) >= 11 is 0. The van der Waals surface area contributed by atoms with Crippen LogP contribution in [0.2, 0.25) is 0 Å². The van der Waals surface area contributed by atoms with E-state index in [0.717, 1.165) is 4.57 Å². The predicted octanol–water partition coefficient (Wildman–Crippen LogP) is -1.74. The molecule has 2 radical (unpaired) electrons. The van der Waals surface area contributed by atoms with Gasteiger partial charge in [0.25, 0.3) is 0 Å². The van der Waals surface area contributed by atoms with E-state index in [1.165, 1.54) is 6.33 Å². The molecule has 0 bridgehead atoms. The summed E-state index contributed by atoms with van der Waals surface area (Å²) in [5, 5.41) is 8.53. The Balaban J connectivity index is 3.10. The zero-order valence-corrected chi connectivity index (χ0v) is 5.77. The van der Waals surface area contributed by atoms with Crippen LogP contribution in [-0.4, -0.2) is 27.5 Å². The Morgan fingerprint density at radius 3 is 2.91 bits per heavy atom. The van der Waals surface area contributed by atoms with Crippen LogP contribution in [0, 0.1) is 0 Å². The van der Waals surface area contributed by atoms with Crippen molar-refractivity contribution in [2.24, 2.45) is 0 Å². The summed E-state index contributed by atoms with van der Waals surface area (Å²) in [6.07, 6.45) is 1.33. The minimum absolute atomic E-state index is 0.126. The lowest BCUT2D eigenvalue weighted by atomic mass is 10.1. The van der Waals surface area contributed by atoms with E-state index in [0.29, 0.717) is 0 Å². The molecule has 0 aromatic carbocycles. The van der Waals surface area contributed by atoms with Crippen molar-refractivity contribution >= 4 is 7.85 Å². The summed E-state index contributed by atoms with van der Waals surface area (Å²) in [4.78, 5) is 18.0. The van der Waals surface area contributed by atoms with E-state index in [4.69, 9.17) is 13.0 Å². The fourth-order valence-corrected chi connectivity index (χ4v) is 0.585. The molecule has 0 saturated carbocycles. The van der Waals surface area contributed by atoms with Gasteiger partial charge in [-0.15, -0.1) is 0 Å². The maximum atomic E-state index is 10.8. The molecule has 1 aromatic heterocycles. The van der Waals surface area contributed by atoms with E-state index in [9.17, 15) is 4.79 Å². The summed E-state index contributed by atoms with van der Waals surface area (Å²) in [7, 11) is 5.17. The minimum Gasteiger partial charge on any atom is -0.376 e. The average molecular weight is 151 g/mol. The monoisotopic (exact) mass is 151 g/mol. The van der Waals surface area contributed by atoms with Gasteiger partial charge >= 0.3 is 5.69 Å². The number of aliphatic hydroxyl groups excluding tert-OH is 1. The fraction of sp³-hybridized carbons (Fsp3) is 0.400. The zero-order valence-electron chi connectivity index (χ0n) is 5.77. The third kappa shape index (κ3) is 1.65. The molecule has 0 aliphatic carbocycles. The molecule has 1 heterocycles. The molecule has 0 aliphatic rings. The standard InChI is InChI=1S/C5H6BN3O2/c6-1-4-7-2-9(3-10)5(11)8-4/h2,10H,1,3H2. The van der Waals surface area contributed by atoms with Gasteiger partial charge in [0.2, 0.25) is 0 Å². The van der Waals surface area contributed by atoms with Gasteiger partial charge < -0.3 is 5.11 Å². The van der Waals surface area contributed by atoms with Crippen molar-refractivity contribution in [3.63, 3.8) is 0 Å². The average Bonchev–Trinajstić information content (AvgIpc) is 2.04. The molecule has 1 aromatic rings. The molecule has 0 fully saturated rings. The van der Waals surface area contributed by atoms with Crippen molar-refractivity contribution in [1.82, 2.24) is 14.5 Å². The van der Waals surface area contributed by atoms with Crippen molar-refractivity contribution < 1.29 is 5.11 Å². The number of nitrogens with zero attached hydrogens (tertiary/aromatic N) is 3. The van der Waals surface area contributed by atoms with E-state index in [1.807, 2.05) is 0 Å². The number of aliphatic hydroxyl groups is 1. The van der Waals surface area contributed by atoms with Crippen LogP contribution in [0.5, 0.6) is 0 Å². The molecular weight excluding hydrogens is 145 g/mol. The Morgan fingerprint density at radius 2 is 2.45 bits per heavy atom. The number of rotatable bonds is 2. The van der Waals surface area contributed by atoms with Crippen molar-refractivity contribution in [3.8, 4) is 0 Å². The first-order chi connectivity index (χ1) is 5.27. The quantitative estimate of drug-likeness (QED) is 0.509. The van der Waals surface area contributed by atoms with Crippen molar-refractivity contribution in [1.29, 1.82) is 0 Å². The molecule has 0 unspecified atom stereocenters. The topological polar surface area (TPSA) is 68.0 Å². The van der Waals surface area contributed by atoms with Gasteiger partial charge in [0.15, 0.2) is 0 Å². The van der Waals surface area contributed by atoms with E-state index in [-0.39, 0.29) is 12.1 Å². The van der Waals surface area contributed by atoms with E-state index in [2.05, 4.69) is 9.97 Å². The summed E-state index contributed by atoms with van der Waals surface area (Å²) in [5.41, 5.74) is -0.539. The van der Waals surface area contributed by atoms with Crippen molar-refractivity contribution in [2.45, 2.75) is 13.1 Å². The van der Waals surface area contributed by atoms with E-state index in [1.54, 1.807) is 0 Å². The summed E-state index contributed by atoms with van der Waals surface area (Å²) in [5.74, 6) is 0.278. The van der Waals surface area contributed by atoms with Gasteiger partial charge in [-0.3, -0.25) is 4.57 Å². The van der Waals surface area contributed by atoms with Crippen LogP contribution in [-0.2, 0) is 13.1 Å². The van der Waals surface area contributed by atoms with Crippen LogP contribution >= 0.6 is 0 Å². The summed E-state index contributed by atoms with van der Waals surface area (Å²) in [6, 6.07) is 0. The number of aromatic nitrogens is 3. The molecule has 0 saturated heterocycles. The summed E-state index contributed by atoms with van der Waals surface area (Å²) < 4.78 is 0.971. The third-order valence-electron chi connectivity index (χ3n) is 1.15. The molecule has 0 spiro atoms. The predicted molar refractivity (Wildman–Crippen MR) is 38.0 cm³/mol. The number of hydrogen-bond acceptors (Lipinski definition) is 4. The molecular formula is C5H6BN3O2. The zero-order chi connectivity index (χ0) is 8.27. The molecule has 1 rings (SSSR count). The van der Waals surface area contributed by atoms with Crippen LogP contribution in [0.25, 0.3) is 0 Å². The highest BCUT2D eigenvalue weighted by molar-refractivity contribution is 6.07. The van der Waals surface area contributed by atoms with Crippen LogP contribution in [0.4, 0.5) is 0 Å². The first kappa shape index (κ1) is 7.94. The van der Waals surface area contributed by atoms with Crippen molar-refractivity contribution in [3.05, 3.63) is 22.6 Å². The molecule has 5 nitrogen and oxygen atoms in total. The highest BCUT2D eigenvalue weighted by Gasteiger charge is 1.96. The SMILES string of the molecule is [B]Cc1ncn(CO)c(=O)n1. The molecule has 1 N–H and O–H groups in total. The largest absolute Gasteiger partial charge is 0.376 e. The van der Waals surface area contributed by atoms with Gasteiger partial charge in [-0.05, 0) is 6.32 Å². The molecule has 0 atom stereocenters. The highest BCUT2D eigenvalue weighted by atomic mass is 16.3. The third-order valence-corrected chi connectivity index (χ3v) is 1.15. The van der Waals surface area contributed by atoms with Gasteiger partial charge in [-0.2, -0.15) is 4.98 Å². The first-order valence-corrected chi connectivity index (χ1v) is 3.01. The Kier molecular flexibility index (Phi) is 2.38. The maximum absolute atomic E-state index is 10.8. The normalized spacial score (nSPS) is 9.91. The number of hydrogen-bond donors (Lipinski definition) is 1. The lowest BCUT2D eigenvalue weighted by molar-refractivity contribution is 0.202. The lowest BCUT2D eigenvalue weighted by Crippen LogP contribution is -2.24. The lowest BCUT2D eigenvalue weighted by Gasteiger charge is -1.98. The molecule has 56 valence electrons. The Hall–Kier alpha value is -1.17. The van der Waals surface area contributed by atoms with E-state index >= 15 is 0 Å². The van der Waals surface area contributed by atoms with Gasteiger partial charge in [-0.25, -0.2) is 9.78 Å². The molecule has 0 aliphatic heterocycles. The van der Waals surface area contributed by atoms with Crippen LogP contribution in [0.3, 0.4) is 0 Å². The van der Waals surface area contributed by atoms with Gasteiger partial charge in [0.1, 0.15) is 18.9 Å². The second-order valence-corrected chi connectivity index (χ2v) is 1.87. The second-order valence-electron chi connectivity index (χ2n) is 1.87. The smallest absolute Gasteiger partial charge is 0.352 e. The van der Waals surface area contributed by atoms with E-state index < -0.39 is 12.4 Å². The first-order valence-electron chi connectivity index (χ1n) is 3.01. The van der Waals surface area contributed by atoms with Gasteiger partial charge in [0, 0.05) is 0 Å². The van der Waals surface area contributed by atoms with Crippen LogP contribution < -0.4 is 5.69 Å². The molecule has 11 heavy (non-hydrogen) atoms. The van der Waals surface area contributed by atoms with Crippen LogP contribution in [0.15, 0.2) is 11.1 Å². The Morgan fingerprint density at radius 1 is 1.73 bits per heavy atom. The fourth-order valence-electron chi connectivity index (χ4n) is 0.585. The Labute approximate surface area is 64.1 Å². The minimum atomic E-state index is -0.539. The summed E-state index contributed by atoms with van der Waals surface area (Å²) in [6.45, 7) is -0.413. The van der Waals surface area contributed by atoms with Gasteiger partial charge in [0.05, 0.1) is 7.85 Å². The van der Waals surface area contributed by atoms with Crippen molar-refractivity contribution in [2.75, 3.05) is 0 Å². The maximum Gasteiger partial charge on any atom is 0.352 e. The van der Waals surface area contributed by atoms with Gasteiger partial charge in [-0.1, -0.05) is 0 Å². The van der Waals surface area contributed by atoms with Crippen LogP contribution in [0.1, 0.15) is 5.82 Å². The Bertz CT molecular complexity index is 298. The second kappa shape index (κ2) is 3.29. The molecule has 0 amide bonds.